The Balaban J connectivity index is 1.77. The Hall–Kier alpha value is -3.54. The predicted octanol–water partition coefficient (Wildman–Crippen LogP) is 4.50. The highest BCUT2D eigenvalue weighted by Gasteiger charge is 2.15. The molecule has 3 rings (SSSR count). The van der Waals surface area contributed by atoms with E-state index in [0.717, 1.165) is 11.3 Å². The van der Waals surface area contributed by atoms with Crippen LogP contribution in [-0.4, -0.2) is 36.6 Å². The first-order valence-electron chi connectivity index (χ1n) is 9.43. The summed E-state index contributed by atoms with van der Waals surface area (Å²) in [6.45, 7) is 3.16. The van der Waals surface area contributed by atoms with Gasteiger partial charge in [0.05, 0.1) is 14.2 Å². The summed E-state index contributed by atoms with van der Waals surface area (Å²) in [4.78, 5) is 19.1. The maximum absolute atomic E-state index is 13.0. The van der Waals surface area contributed by atoms with Gasteiger partial charge < -0.3 is 19.7 Å². The van der Waals surface area contributed by atoms with Crippen molar-refractivity contribution in [1.29, 1.82) is 0 Å². The molecule has 1 N–H and O–H groups in total. The number of amides is 1. The van der Waals surface area contributed by atoms with Gasteiger partial charge in [0.1, 0.15) is 5.82 Å². The third-order valence-corrected chi connectivity index (χ3v) is 4.55. The largest absolute Gasteiger partial charge is 0.493 e. The second kappa shape index (κ2) is 9.59. The molecule has 6 heteroatoms. The van der Waals surface area contributed by atoms with Crippen molar-refractivity contribution in [1.82, 2.24) is 9.88 Å². The van der Waals surface area contributed by atoms with Crippen LogP contribution >= 0.6 is 0 Å². The number of anilines is 2. The van der Waals surface area contributed by atoms with Crippen molar-refractivity contribution in [3.8, 4) is 11.5 Å². The second-order valence-corrected chi connectivity index (χ2v) is 6.43. The van der Waals surface area contributed by atoms with E-state index in [1.807, 2.05) is 60.4 Å². The van der Waals surface area contributed by atoms with Crippen molar-refractivity contribution in [2.75, 3.05) is 26.1 Å². The molecule has 1 amide bonds. The first-order chi connectivity index (χ1) is 14.1. The Kier molecular flexibility index (Phi) is 6.68. The van der Waals surface area contributed by atoms with Crippen LogP contribution in [0.4, 0.5) is 11.5 Å². The van der Waals surface area contributed by atoms with Crippen LogP contribution in [0.3, 0.4) is 0 Å². The number of hydrogen-bond acceptors (Lipinski definition) is 5. The molecule has 29 heavy (non-hydrogen) atoms. The highest BCUT2D eigenvalue weighted by atomic mass is 16.5. The van der Waals surface area contributed by atoms with Crippen LogP contribution in [0, 0.1) is 0 Å². The van der Waals surface area contributed by atoms with Crippen molar-refractivity contribution >= 4 is 17.4 Å². The Morgan fingerprint density at radius 2 is 1.76 bits per heavy atom. The van der Waals surface area contributed by atoms with E-state index in [2.05, 4.69) is 10.3 Å². The highest BCUT2D eigenvalue weighted by Crippen LogP contribution is 2.30. The van der Waals surface area contributed by atoms with Crippen LogP contribution in [-0.2, 0) is 6.54 Å². The fourth-order valence-corrected chi connectivity index (χ4v) is 3.01. The zero-order valence-corrected chi connectivity index (χ0v) is 16.9. The number of nitrogens with zero attached hydrogens (tertiary/aromatic N) is 2. The molecule has 150 valence electrons. The fraction of sp³-hybridized carbons (Fsp3) is 0.217. The van der Waals surface area contributed by atoms with Crippen LogP contribution in [0.1, 0.15) is 22.8 Å². The zero-order chi connectivity index (χ0) is 20.6. The van der Waals surface area contributed by atoms with Gasteiger partial charge in [-0.2, -0.15) is 0 Å². The predicted molar refractivity (Wildman–Crippen MR) is 114 cm³/mol. The maximum Gasteiger partial charge on any atom is 0.254 e. The lowest BCUT2D eigenvalue weighted by Gasteiger charge is -2.21. The number of rotatable bonds is 8. The molecule has 0 aliphatic rings. The molecule has 3 aromatic rings. The Labute approximate surface area is 171 Å². The molecule has 6 nitrogen and oxygen atoms in total. The molecule has 2 aromatic carbocycles. The van der Waals surface area contributed by atoms with Crippen molar-refractivity contribution < 1.29 is 14.3 Å². The van der Waals surface area contributed by atoms with Gasteiger partial charge in [-0.15, -0.1) is 0 Å². The van der Waals surface area contributed by atoms with Gasteiger partial charge in [0, 0.05) is 36.6 Å². The lowest BCUT2D eigenvalue weighted by Crippen LogP contribution is -2.30. The lowest BCUT2D eigenvalue weighted by molar-refractivity contribution is 0.0752. The number of carbonyl (C=O) groups excluding carboxylic acids is 1. The second-order valence-electron chi connectivity index (χ2n) is 6.43. The van der Waals surface area contributed by atoms with Gasteiger partial charge in [-0.1, -0.05) is 30.3 Å². The maximum atomic E-state index is 13.0. The van der Waals surface area contributed by atoms with Gasteiger partial charge in [0.15, 0.2) is 11.5 Å². The molecule has 0 unspecified atom stereocenters. The van der Waals surface area contributed by atoms with Gasteiger partial charge >= 0.3 is 0 Å². The monoisotopic (exact) mass is 391 g/mol. The molecular weight excluding hydrogens is 366 g/mol. The number of benzene rings is 2. The quantitative estimate of drug-likeness (QED) is 0.612. The molecule has 0 saturated carbocycles. The van der Waals surface area contributed by atoms with Crippen molar-refractivity contribution in [2.45, 2.75) is 13.5 Å². The van der Waals surface area contributed by atoms with E-state index in [-0.39, 0.29) is 5.91 Å². The van der Waals surface area contributed by atoms with E-state index in [1.54, 1.807) is 32.5 Å². The fourth-order valence-electron chi connectivity index (χ4n) is 3.01. The van der Waals surface area contributed by atoms with Gasteiger partial charge in [-0.05, 0) is 36.8 Å². The summed E-state index contributed by atoms with van der Waals surface area (Å²) in [6, 6.07) is 19.0. The normalized spacial score (nSPS) is 10.3. The number of pyridine rings is 1. The smallest absolute Gasteiger partial charge is 0.254 e. The molecule has 0 spiro atoms. The van der Waals surface area contributed by atoms with Crippen molar-refractivity contribution in [2.24, 2.45) is 0 Å². The van der Waals surface area contributed by atoms with Crippen LogP contribution in [0.15, 0.2) is 66.9 Å². The first kappa shape index (κ1) is 20.2. The molecule has 0 saturated heterocycles. The Morgan fingerprint density at radius 1 is 1.00 bits per heavy atom. The number of methoxy groups -OCH3 is 2. The third-order valence-electron chi connectivity index (χ3n) is 4.55. The standard InChI is InChI=1S/C23H25N3O3/c1-4-26(16-17-8-6-5-7-9-17)23(27)18-12-13-24-22(14-18)25-19-10-11-20(28-2)21(15-19)29-3/h5-15H,4,16H2,1-3H3,(H,24,25). The van der Waals surface area contributed by atoms with Crippen LogP contribution in [0.2, 0.25) is 0 Å². The number of ether oxygens (including phenoxy) is 2. The number of hydrogen-bond donors (Lipinski definition) is 1. The summed E-state index contributed by atoms with van der Waals surface area (Å²) in [5, 5.41) is 3.21. The lowest BCUT2D eigenvalue weighted by atomic mass is 10.1. The van der Waals surface area contributed by atoms with Crippen molar-refractivity contribution in [3.05, 3.63) is 78.0 Å². The summed E-state index contributed by atoms with van der Waals surface area (Å²) in [5.41, 5.74) is 2.47. The van der Waals surface area contributed by atoms with E-state index in [4.69, 9.17) is 9.47 Å². The average Bonchev–Trinajstić information content (AvgIpc) is 2.77. The van der Waals surface area contributed by atoms with E-state index >= 15 is 0 Å². The highest BCUT2D eigenvalue weighted by molar-refractivity contribution is 5.95. The molecular formula is C23H25N3O3. The minimum Gasteiger partial charge on any atom is -0.493 e. The summed E-state index contributed by atoms with van der Waals surface area (Å²) in [6.07, 6.45) is 1.63. The number of nitrogens with one attached hydrogen (secondary N) is 1. The van der Waals surface area contributed by atoms with Gasteiger partial charge in [0.25, 0.3) is 5.91 Å². The molecule has 1 heterocycles. The van der Waals surface area contributed by atoms with Gasteiger partial charge in [0.2, 0.25) is 0 Å². The SMILES string of the molecule is CCN(Cc1ccccc1)C(=O)c1ccnc(Nc2ccc(OC)c(OC)c2)c1. The van der Waals surface area contributed by atoms with Gasteiger partial charge in [-0.3, -0.25) is 4.79 Å². The van der Waals surface area contributed by atoms with Crippen LogP contribution in [0.5, 0.6) is 11.5 Å². The Morgan fingerprint density at radius 3 is 2.45 bits per heavy atom. The van der Waals surface area contributed by atoms with E-state index in [9.17, 15) is 4.79 Å². The molecule has 0 bridgehead atoms. The molecule has 0 fully saturated rings. The Bertz CT molecular complexity index is 961. The summed E-state index contributed by atoms with van der Waals surface area (Å²) >= 11 is 0. The minimum absolute atomic E-state index is 0.0332. The van der Waals surface area contributed by atoms with Crippen LogP contribution < -0.4 is 14.8 Å². The van der Waals surface area contributed by atoms with Gasteiger partial charge in [-0.25, -0.2) is 4.98 Å². The van der Waals surface area contributed by atoms with Crippen molar-refractivity contribution in [3.63, 3.8) is 0 Å². The van der Waals surface area contributed by atoms with E-state index in [0.29, 0.717) is 36.0 Å². The van der Waals surface area contributed by atoms with Crippen LogP contribution in [0.25, 0.3) is 0 Å². The third kappa shape index (κ3) is 5.04. The molecule has 1 aromatic heterocycles. The minimum atomic E-state index is -0.0332. The zero-order valence-electron chi connectivity index (χ0n) is 16.9. The summed E-state index contributed by atoms with van der Waals surface area (Å²) in [5.74, 6) is 1.81. The number of carbonyl (C=O) groups is 1. The first-order valence-corrected chi connectivity index (χ1v) is 9.43. The number of aromatic nitrogens is 1. The molecule has 0 radical (unpaired) electrons. The summed E-state index contributed by atoms with van der Waals surface area (Å²) in [7, 11) is 3.18. The summed E-state index contributed by atoms with van der Waals surface area (Å²) < 4.78 is 10.6. The van der Waals surface area contributed by atoms with E-state index in [1.165, 1.54) is 0 Å². The molecule has 0 atom stereocenters. The molecule has 0 aliphatic heterocycles. The molecule has 0 aliphatic carbocycles. The van der Waals surface area contributed by atoms with E-state index < -0.39 is 0 Å². The average molecular weight is 391 g/mol. The topological polar surface area (TPSA) is 63.7 Å².